The standard InChI is InChI=1S/C27H24F2N6O3/c1-15-21(12-35-20-5-3-4-18(28)23(20)38-27(6-7-27)24(35)36)34-11-17(19(29)8-22(34)32-15)16-9-30-25(31-10-16)33-13-26(2,37)14-33/h3-5,8-11,37H,6-7,12-14H2,1-2H3. The molecule has 1 aromatic carbocycles. The number of hydrogen-bond acceptors (Lipinski definition) is 7. The van der Waals surface area contributed by atoms with Gasteiger partial charge in [0.05, 0.1) is 42.3 Å². The molecule has 11 heteroatoms. The van der Waals surface area contributed by atoms with Crippen molar-refractivity contribution in [3.05, 3.63) is 65.9 Å². The molecule has 3 aromatic heterocycles. The van der Waals surface area contributed by atoms with E-state index in [9.17, 15) is 14.3 Å². The highest BCUT2D eigenvalue weighted by atomic mass is 19.1. The van der Waals surface area contributed by atoms with Gasteiger partial charge in [-0.3, -0.25) is 9.69 Å². The van der Waals surface area contributed by atoms with E-state index >= 15 is 4.39 Å². The zero-order chi connectivity index (χ0) is 26.4. The molecule has 1 spiro atoms. The highest BCUT2D eigenvalue weighted by Gasteiger charge is 2.58. The first-order valence-electron chi connectivity index (χ1n) is 12.4. The van der Waals surface area contributed by atoms with Crippen LogP contribution >= 0.6 is 0 Å². The second kappa shape index (κ2) is 7.70. The van der Waals surface area contributed by atoms with Crippen molar-refractivity contribution in [1.82, 2.24) is 19.4 Å². The summed E-state index contributed by atoms with van der Waals surface area (Å²) in [5, 5.41) is 9.97. The number of amides is 1. The Kier molecular flexibility index (Phi) is 4.67. The Labute approximate surface area is 216 Å². The number of pyridine rings is 1. The third kappa shape index (κ3) is 3.45. The van der Waals surface area contributed by atoms with Crippen molar-refractivity contribution in [3.63, 3.8) is 0 Å². The minimum Gasteiger partial charge on any atom is -0.472 e. The van der Waals surface area contributed by atoms with Crippen LogP contribution in [-0.2, 0) is 11.3 Å². The lowest BCUT2D eigenvalue weighted by molar-refractivity contribution is -0.128. The van der Waals surface area contributed by atoms with E-state index in [0.717, 1.165) is 0 Å². The van der Waals surface area contributed by atoms with Crippen molar-refractivity contribution in [1.29, 1.82) is 0 Å². The predicted molar refractivity (Wildman–Crippen MR) is 134 cm³/mol. The summed E-state index contributed by atoms with van der Waals surface area (Å²) in [5.74, 6) is -0.684. The maximum Gasteiger partial charge on any atom is 0.271 e. The Bertz CT molecular complexity index is 1620. The number of anilines is 2. The first-order chi connectivity index (χ1) is 18.1. The van der Waals surface area contributed by atoms with Gasteiger partial charge in [0.1, 0.15) is 11.5 Å². The van der Waals surface area contributed by atoms with Crippen molar-refractivity contribution < 1.29 is 23.4 Å². The Hall–Kier alpha value is -4.12. The Balaban J connectivity index is 1.26. The number of carbonyl (C=O) groups excluding carboxylic acids is 1. The lowest BCUT2D eigenvalue weighted by Crippen LogP contribution is -2.60. The number of aromatic nitrogens is 4. The van der Waals surface area contributed by atoms with Crippen LogP contribution in [0, 0.1) is 18.6 Å². The summed E-state index contributed by atoms with van der Waals surface area (Å²) >= 11 is 0. The fourth-order valence-corrected chi connectivity index (χ4v) is 5.32. The topological polar surface area (TPSA) is 96.1 Å². The molecule has 0 atom stereocenters. The highest BCUT2D eigenvalue weighted by Crippen LogP contribution is 2.50. The van der Waals surface area contributed by atoms with Crippen LogP contribution in [0.2, 0.25) is 0 Å². The van der Waals surface area contributed by atoms with Crippen LogP contribution in [0.3, 0.4) is 0 Å². The maximum atomic E-state index is 15.2. The number of β-amino-alcohol motifs (C(OH)–C–C–N with tert-alkyl or cyclic N) is 1. The first kappa shape index (κ1) is 23.0. The molecule has 5 heterocycles. The van der Waals surface area contributed by atoms with E-state index in [4.69, 9.17) is 4.74 Å². The molecule has 2 aliphatic heterocycles. The summed E-state index contributed by atoms with van der Waals surface area (Å²) in [6.45, 7) is 4.52. The number of para-hydroxylation sites is 1. The number of aryl methyl sites for hydroxylation is 1. The fraction of sp³-hybridized carbons (Fsp3) is 0.333. The SMILES string of the molecule is Cc1nc2cc(F)c(-c3cnc(N4CC(C)(O)C4)nc3)cn2c1CN1C(=O)C2(CC2)Oc2c(F)cccc21. The number of halogens is 2. The number of ether oxygens (including phenoxy) is 1. The number of benzene rings is 1. The lowest BCUT2D eigenvalue weighted by atomic mass is 9.98. The zero-order valence-corrected chi connectivity index (χ0v) is 20.8. The minimum absolute atomic E-state index is 0.0729. The van der Waals surface area contributed by atoms with Gasteiger partial charge < -0.3 is 19.1 Å². The molecule has 1 saturated carbocycles. The van der Waals surface area contributed by atoms with Crippen LogP contribution in [0.15, 0.2) is 42.9 Å². The van der Waals surface area contributed by atoms with Crippen molar-refractivity contribution in [3.8, 4) is 16.9 Å². The third-order valence-corrected chi connectivity index (χ3v) is 7.49. The van der Waals surface area contributed by atoms with Crippen molar-refractivity contribution in [2.75, 3.05) is 22.9 Å². The molecular weight excluding hydrogens is 494 g/mol. The maximum absolute atomic E-state index is 15.2. The molecule has 1 aliphatic carbocycles. The zero-order valence-electron chi connectivity index (χ0n) is 20.8. The summed E-state index contributed by atoms with van der Waals surface area (Å²) in [6, 6.07) is 5.85. The van der Waals surface area contributed by atoms with Crippen LogP contribution in [0.4, 0.5) is 20.4 Å². The number of nitrogens with zero attached hydrogens (tertiary/aromatic N) is 6. The third-order valence-electron chi connectivity index (χ3n) is 7.49. The number of carbonyl (C=O) groups is 1. The Morgan fingerprint density at radius 3 is 2.55 bits per heavy atom. The first-order valence-corrected chi connectivity index (χ1v) is 12.4. The normalized spacial score (nSPS) is 18.9. The molecule has 3 aliphatic rings. The van der Waals surface area contributed by atoms with E-state index in [1.807, 2.05) is 4.90 Å². The second-order valence-corrected chi connectivity index (χ2v) is 10.6. The molecule has 194 valence electrons. The quantitative estimate of drug-likeness (QED) is 0.442. The van der Waals surface area contributed by atoms with Gasteiger partial charge in [-0.2, -0.15) is 0 Å². The van der Waals surface area contributed by atoms with Crippen LogP contribution in [0.25, 0.3) is 16.8 Å². The van der Waals surface area contributed by atoms with Crippen molar-refractivity contribution in [2.24, 2.45) is 0 Å². The second-order valence-electron chi connectivity index (χ2n) is 10.6. The molecule has 38 heavy (non-hydrogen) atoms. The number of hydrogen-bond donors (Lipinski definition) is 1. The van der Waals surface area contributed by atoms with Gasteiger partial charge in [-0.1, -0.05) is 6.07 Å². The average Bonchev–Trinajstić information content (AvgIpc) is 3.58. The van der Waals surface area contributed by atoms with Gasteiger partial charge in [-0.25, -0.2) is 23.7 Å². The van der Waals surface area contributed by atoms with Crippen molar-refractivity contribution >= 4 is 23.2 Å². The molecule has 1 N–H and O–H groups in total. The van der Waals surface area contributed by atoms with Gasteiger partial charge in [0.15, 0.2) is 17.2 Å². The van der Waals surface area contributed by atoms with Gasteiger partial charge in [0, 0.05) is 48.6 Å². The van der Waals surface area contributed by atoms with Crippen LogP contribution in [-0.4, -0.2) is 54.7 Å². The van der Waals surface area contributed by atoms with Crippen LogP contribution in [0.5, 0.6) is 5.75 Å². The molecule has 0 radical (unpaired) electrons. The van der Waals surface area contributed by atoms with Crippen LogP contribution in [0.1, 0.15) is 31.2 Å². The molecule has 1 amide bonds. The fourth-order valence-electron chi connectivity index (χ4n) is 5.32. The van der Waals surface area contributed by atoms with Crippen LogP contribution < -0.4 is 14.5 Å². The van der Waals surface area contributed by atoms with E-state index in [2.05, 4.69) is 15.0 Å². The molecule has 4 aromatic rings. The summed E-state index contributed by atoms with van der Waals surface area (Å²) in [6.07, 6.45) is 5.77. The molecule has 2 fully saturated rings. The Morgan fingerprint density at radius 2 is 1.87 bits per heavy atom. The summed E-state index contributed by atoms with van der Waals surface area (Å²) < 4.78 is 37.4. The van der Waals surface area contributed by atoms with E-state index in [1.165, 1.54) is 17.0 Å². The predicted octanol–water partition coefficient (Wildman–Crippen LogP) is 3.41. The molecule has 1 saturated heterocycles. The van der Waals surface area contributed by atoms with E-state index in [0.29, 0.717) is 60.2 Å². The van der Waals surface area contributed by atoms with Gasteiger partial charge in [0.2, 0.25) is 5.95 Å². The molecule has 0 unspecified atom stereocenters. The van der Waals surface area contributed by atoms with Gasteiger partial charge in [-0.15, -0.1) is 0 Å². The Morgan fingerprint density at radius 1 is 1.13 bits per heavy atom. The van der Waals surface area contributed by atoms with Gasteiger partial charge in [0.25, 0.3) is 5.91 Å². The average molecular weight is 519 g/mol. The number of rotatable bonds is 4. The van der Waals surface area contributed by atoms with Gasteiger partial charge in [-0.05, 0) is 26.0 Å². The largest absolute Gasteiger partial charge is 0.472 e. The van der Waals surface area contributed by atoms with E-state index in [-0.39, 0.29) is 23.8 Å². The number of imidazole rings is 1. The summed E-state index contributed by atoms with van der Waals surface area (Å²) in [4.78, 5) is 30.0. The van der Waals surface area contributed by atoms with E-state index in [1.54, 1.807) is 49.0 Å². The van der Waals surface area contributed by atoms with Crippen molar-refractivity contribution in [2.45, 2.75) is 44.4 Å². The summed E-state index contributed by atoms with van der Waals surface area (Å²) in [7, 11) is 0. The smallest absolute Gasteiger partial charge is 0.271 e. The highest BCUT2D eigenvalue weighted by molar-refractivity contribution is 6.04. The van der Waals surface area contributed by atoms with Gasteiger partial charge >= 0.3 is 0 Å². The van der Waals surface area contributed by atoms with E-state index < -0.39 is 22.8 Å². The summed E-state index contributed by atoms with van der Waals surface area (Å²) in [5.41, 5.74) is 1.01. The molecule has 9 nitrogen and oxygen atoms in total. The lowest BCUT2D eigenvalue weighted by Gasteiger charge is -2.44. The monoisotopic (exact) mass is 518 g/mol. The molecular formula is C27H24F2N6O3. The minimum atomic E-state index is -1.02. The molecule has 7 rings (SSSR count). The number of aliphatic hydroxyl groups is 1. The molecule has 0 bridgehead atoms. The number of fused-ring (bicyclic) bond motifs is 2.